The zero-order valence-corrected chi connectivity index (χ0v) is 12.0. The Morgan fingerprint density at radius 2 is 1.61 bits per heavy atom. The lowest BCUT2D eigenvalue weighted by Gasteiger charge is -2.11. The molecule has 2 aromatic rings. The summed E-state index contributed by atoms with van der Waals surface area (Å²) in [4.78, 5) is 0. The lowest BCUT2D eigenvalue weighted by molar-refractivity contribution is 0.628. The molecule has 0 saturated carbocycles. The first-order chi connectivity index (χ1) is 8.54. The van der Waals surface area contributed by atoms with Crippen molar-refractivity contribution in [1.29, 1.82) is 0 Å². The summed E-state index contributed by atoms with van der Waals surface area (Å²) in [6.45, 7) is 0. The molecule has 0 aliphatic rings. The Morgan fingerprint density at radius 3 is 2.28 bits per heavy atom. The van der Waals surface area contributed by atoms with Gasteiger partial charge in [-0.2, -0.15) is 0 Å². The standard InChI is InChI=1S/C13H7Cl4F/c14-6-7-1-2-8(18)5-10(7)9-3-4-11(15)13(17)12(9)16/h1-5H,6H2. The topological polar surface area (TPSA) is 0 Å². The maximum Gasteiger partial charge on any atom is 0.123 e. The predicted octanol–water partition coefficient (Wildman–Crippen LogP) is 6.19. The Kier molecular flexibility index (Phi) is 4.39. The van der Waals surface area contributed by atoms with Gasteiger partial charge in [0.1, 0.15) is 5.82 Å². The van der Waals surface area contributed by atoms with Crippen molar-refractivity contribution in [3.05, 3.63) is 56.8 Å². The molecule has 94 valence electrons. The van der Waals surface area contributed by atoms with E-state index in [1.165, 1.54) is 12.1 Å². The van der Waals surface area contributed by atoms with Crippen LogP contribution in [0, 0.1) is 5.82 Å². The van der Waals surface area contributed by atoms with Crippen LogP contribution in [0.4, 0.5) is 4.39 Å². The molecule has 0 aliphatic carbocycles. The van der Waals surface area contributed by atoms with Gasteiger partial charge in [0.2, 0.25) is 0 Å². The molecule has 18 heavy (non-hydrogen) atoms. The molecule has 0 aromatic heterocycles. The highest BCUT2D eigenvalue weighted by Gasteiger charge is 2.13. The van der Waals surface area contributed by atoms with Crippen LogP contribution in [0.5, 0.6) is 0 Å². The number of benzene rings is 2. The van der Waals surface area contributed by atoms with Crippen LogP contribution in [0.25, 0.3) is 11.1 Å². The summed E-state index contributed by atoms with van der Waals surface area (Å²) in [6, 6.07) is 7.67. The third-order valence-corrected chi connectivity index (χ3v) is 4.12. The third kappa shape index (κ3) is 2.60. The van der Waals surface area contributed by atoms with Gasteiger partial charge < -0.3 is 0 Å². The van der Waals surface area contributed by atoms with E-state index in [2.05, 4.69) is 0 Å². The minimum absolute atomic E-state index is 0.251. The van der Waals surface area contributed by atoms with E-state index in [0.717, 1.165) is 5.56 Å². The van der Waals surface area contributed by atoms with Crippen molar-refractivity contribution >= 4 is 46.4 Å². The number of rotatable bonds is 2. The Hall–Kier alpha value is -0.470. The second-order valence-corrected chi connectivity index (χ2v) is 5.09. The van der Waals surface area contributed by atoms with Gasteiger partial charge in [-0.15, -0.1) is 11.6 Å². The highest BCUT2D eigenvalue weighted by molar-refractivity contribution is 6.49. The van der Waals surface area contributed by atoms with Crippen LogP contribution < -0.4 is 0 Å². The van der Waals surface area contributed by atoms with E-state index in [9.17, 15) is 4.39 Å². The van der Waals surface area contributed by atoms with Gasteiger partial charge in [0.15, 0.2) is 0 Å². The second kappa shape index (κ2) is 5.66. The number of halogens is 5. The molecule has 0 nitrogen and oxygen atoms in total. The molecular weight excluding hydrogens is 317 g/mol. The molecule has 0 atom stereocenters. The van der Waals surface area contributed by atoms with Crippen molar-refractivity contribution in [1.82, 2.24) is 0 Å². The minimum atomic E-state index is -0.360. The fourth-order valence-corrected chi connectivity index (χ4v) is 2.52. The van der Waals surface area contributed by atoms with E-state index in [1.807, 2.05) is 0 Å². The maximum absolute atomic E-state index is 13.3. The molecule has 0 radical (unpaired) electrons. The SMILES string of the molecule is Fc1ccc(CCl)c(-c2ccc(Cl)c(Cl)c2Cl)c1. The Balaban J connectivity index is 2.69. The average molecular weight is 324 g/mol. The zero-order valence-electron chi connectivity index (χ0n) is 8.98. The summed E-state index contributed by atoms with van der Waals surface area (Å²) in [5, 5.41) is 0.899. The summed E-state index contributed by atoms with van der Waals surface area (Å²) in [5.41, 5.74) is 2.01. The first kappa shape index (κ1) is 14.0. The molecule has 0 N–H and O–H groups in total. The van der Waals surface area contributed by atoms with Crippen molar-refractivity contribution in [2.24, 2.45) is 0 Å². The van der Waals surface area contributed by atoms with Crippen molar-refractivity contribution in [3.8, 4) is 11.1 Å². The molecule has 0 heterocycles. The van der Waals surface area contributed by atoms with E-state index in [4.69, 9.17) is 46.4 Å². The Bertz CT molecular complexity index is 596. The number of alkyl halides is 1. The predicted molar refractivity (Wildman–Crippen MR) is 76.4 cm³/mol. The number of hydrogen-bond donors (Lipinski definition) is 0. The summed E-state index contributed by atoms with van der Waals surface area (Å²) >= 11 is 23.8. The molecule has 0 unspecified atom stereocenters. The van der Waals surface area contributed by atoms with E-state index in [1.54, 1.807) is 18.2 Å². The Morgan fingerprint density at radius 1 is 0.889 bits per heavy atom. The van der Waals surface area contributed by atoms with E-state index >= 15 is 0 Å². The van der Waals surface area contributed by atoms with Crippen LogP contribution in [0.3, 0.4) is 0 Å². The normalized spacial score (nSPS) is 10.7. The van der Waals surface area contributed by atoms with Crippen LogP contribution in [-0.4, -0.2) is 0 Å². The summed E-state index contributed by atoms with van der Waals surface area (Å²) in [7, 11) is 0. The van der Waals surface area contributed by atoms with Gasteiger partial charge in [-0.05, 0) is 29.3 Å². The molecule has 0 spiro atoms. The smallest absolute Gasteiger partial charge is 0.123 e. The maximum atomic E-state index is 13.3. The highest BCUT2D eigenvalue weighted by Crippen LogP contribution is 2.39. The largest absolute Gasteiger partial charge is 0.207 e. The zero-order chi connectivity index (χ0) is 13.3. The Labute approximate surface area is 124 Å². The van der Waals surface area contributed by atoms with Gasteiger partial charge in [0.05, 0.1) is 15.1 Å². The van der Waals surface area contributed by atoms with E-state index in [-0.39, 0.29) is 16.7 Å². The molecule has 0 bridgehead atoms. The van der Waals surface area contributed by atoms with Crippen molar-refractivity contribution in [2.45, 2.75) is 5.88 Å². The minimum Gasteiger partial charge on any atom is -0.207 e. The molecule has 2 rings (SSSR count). The van der Waals surface area contributed by atoms with Crippen LogP contribution in [0.15, 0.2) is 30.3 Å². The molecular formula is C13H7Cl4F. The summed E-state index contributed by atoms with van der Waals surface area (Å²) in [5.74, 6) is -0.104. The molecule has 0 amide bonds. The first-order valence-electron chi connectivity index (χ1n) is 5.03. The van der Waals surface area contributed by atoms with Gasteiger partial charge in [0, 0.05) is 11.4 Å². The molecule has 0 fully saturated rings. The van der Waals surface area contributed by atoms with Gasteiger partial charge in [0.25, 0.3) is 0 Å². The van der Waals surface area contributed by atoms with Gasteiger partial charge in [-0.25, -0.2) is 4.39 Å². The lowest BCUT2D eigenvalue weighted by Crippen LogP contribution is -1.90. The molecule has 0 aliphatic heterocycles. The van der Waals surface area contributed by atoms with E-state index in [0.29, 0.717) is 21.2 Å². The number of hydrogen-bond acceptors (Lipinski definition) is 0. The fourth-order valence-electron chi connectivity index (χ4n) is 1.65. The first-order valence-corrected chi connectivity index (χ1v) is 6.69. The van der Waals surface area contributed by atoms with Crippen LogP contribution >= 0.6 is 46.4 Å². The van der Waals surface area contributed by atoms with Crippen molar-refractivity contribution in [3.63, 3.8) is 0 Å². The summed E-state index contributed by atoms with van der Waals surface area (Å²) < 4.78 is 13.3. The molecule has 5 heteroatoms. The highest BCUT2D eigenvalue weighted by atomic mass is 35.5. The molecule has 0 saturated heterocycles. The van der Waals surface area contributed by atoms with Crippen LogP contribution in [0.1, 0.15) is 5.56 Å². The quantitative estimate of drug-likeness (QED) is 0.456. The summed E-state index contributed by atoms with van der Waals surface area (Å²) in [6.07, 6.45) is 0. The third-order valence-electron chi connectivity index (χ3n) is 2.54. The van der Waals surface area contributed by atoms with Gasteiger partial charge in [-0.1, -0.05) is 46.9 Å². The second-order valence-electron chi connectivity index (χ2n) is 3.66. The van der Waals surface area contributed by atoms with Crippen molar-refractivity contribution < 1.29 is 4.39 Å². The van der Waals surface area contributed by atoms with Gasteiger partial charge in [-0.3, -0.25) is 0 Å². The monoisotopic (exact) mass is 322 g/mol. The average Bonchev–Trinajstić information content (AvgIpc) is 2.36. The van der Waals surface area contributed by atoms with Crippen molar-refractivity contribution in [2.75, 3.05) is 0 Å². The van der Waals surface area contributed by atoms with Crippen LogP contribution in [0.2, 0.25) is 15.1 Å². The van der Waals surface area contributed by atoms with Crippen LogP contribution in [-0.2, 0) is 5.88 Å². The fraction of sp³-hybridized carbons (Fsp3) is 0.0769. The van der Waals surface area contributed by atoms with E-state index < -0.39 is 0 Å². The molecule has 2 aromatic carbocycles. The lowest BCUT2D eigenvalue weighted by atomic mass is 10.0. The van der Waals surface area contributed by atoms with Gasteiger partial charge >= 0.3 is 0 Å².